The van der Waals surface area contributed by atoms with Crippen LogP contribution in [-0.4, -0.2) is 19.8 Å². The van der Waals surface area contributed by atoms with Crippen LogP contribution >= 0.6 is 0 Å². The molecule has 0 bridgehead atoms. The molecule has 17 heavy (non-hydrogen) atoms. The Kier molecular flexibility index (Phi) is 4.98. The van der Waals surface area contributed by atoms with Crippen LogP contribution in [0.15, 0.2) is 24.3 Å². The van der Waals surface area contributed by atoms with Gasteiger partial charge in [-0.1, -0.05) is 24.3 Å². The lowest BCUT2D eigenvalue weighted by atomic mass is 10.0. The van der Waals surface area contributed by atoms with E-state index in [1.165, 1.54) is 24.0 Å². The Balaban J connectivity index is 1.73. The maximum Gasteiger partial charge on any atom is 0.0469 e. The van der Waals surface area contributed by atoms with E-state index in [1.807, 2.05) is 0 Å². The van der Waals surface area contributed by atoms with Crippen molar-refractivity contribution in [3.8, 4) is 0 Å². The Labute approximate surface area is 103 Å². The predicted molar refractivity (Wildman–Crippen MR) is 69.6 cm³/mol. The fraction of sp³-hybridized carbons (Fsp3) is 0.571. The lowest BCUT2D eigenvalue weighted by Crippen LogP contribution is -2.27. The van der Waals surface area contributed by atoms with E-state index >= 15 is 0 Å². The molecule has 1 heterocycles. The summed E-state index contributed by atoms with van der Waals surface area (Å²) < 4.78 is 5.35. The van der Waals surface area contributed by atoms with E-state index in [9.17, 15) is 0 Å². The van der Waals surface area contributed by atoms with E-state index in [-0.39, 0.29) is 0 Å². The molecule has 0 aliphatic carbocycles. The molecule has 3 nitrogen and oxygen atoms in total. The van der Waals surface area contributed by atoms with Crippen molar-refractivity contribution in [3.05, 3.63) is 35.4 Å². The van der Waals surface area contributed by atoms with Gasteiger partial charge < -0.3 is 15.8 Å². The van der Waals surface area contributed by atoms with E-state index in [0.717, 1.165) is 32.2 Å². The van der Waals surface area contributed by atoms with Gasteiger partial charge in [0.2, 0.25) is 0 Å². The molecule has 94 valence electrons. The van der Waals surface area contributed by atoms with Crippen LogP contribution in [0.25, 0.3) is 0 Å². The molecular weight excluding hydrogens is 212 g/mol. The first-order valence-electron chi connectivity index (χ1n) is 6.45. The highest BCUT2D eigenvalue weighted by Crippen LogP contribution is 2.13. The summed E-state index contributed by atoms with van der Waals surface area (Å²) in [4.78, 5) is 0. The molecular formula is C14H22N2O. The summed E-state index contributed by atoms with van der Waals surface area (Å²) in [5, 5.41) is 3.53. The van der Waals surface area contributed by atoms with Gasteiger partial charge in [-0.25, -0.2) is 0 Å². The van der Waals surface area contributed by atoms with Gasteiger partial charge in [0.15, 0.2) is 0 Å². The Morgan fingerprint density at radius 1 is 1.24 bits per heavy atom. The summed E-state index contributed by atoms with van der Waals surface area (Å²) in [6, 6.07) is 8.47. The van der Waals surface area contributed by atoms with E-state index < -0.39 is 0 Å². The largest absolute Gasteiger partial charge is 0.381 e. The first-order valence-corrected chi connectivity index (χ1v) is 6.45. The molecule has 1 aliphatic rings. The fourth-order valence-electron chi connectivity index (χ4n) is 2.24. The zero-order valence-electron chi connectivity index (χ0n) is 10.3. The highest BCUT2D eigenvalue weighted by Gasteiger charge is 2.12. The molecule has 1 aliphatic heterocycles. The van der Waals surface area contributed by atoms with Crippen LogP contribution in [0.1, 0.15) is 24.0 Å². The quantitative estimate of drug-likeness (QED) is 0.814. The lowest BCUT2D eigenvalue weighted by Gasteiger charge is -2.22. The van der Waals surface area contributed by atoms with Crippen LogP contribution in [0.2, 0.25) is 0 Å². The number of nitrogens with two attached hydrogens (primary N) is 1. The molecule has 0 unspecified atom stereocenters. The third kappa shape index (κ3) is 4.11. The molecule has 3 heteroatoms. The second-order valence-corrected chi connectivity index (χ2v) is 4.71. The first kappa shape index (κ1) is 12.6. The Bertz CT molecular complexity index is 335. The average molecular weight is 234 g/mol. The Morgan fingerprint density at radius 2 is 2.00 bits per heavy atom. The molecule has 3 N–H and O–H groups in total. The topological polar surface area (TPSA) is 47.3 Å². The van der Waals surface area contributed by atoms with Crippen LogP contribution in [0.4, 0.5) is 0 Å². The van der Waals surface area contributed by atoms with Gasteiger partial charge in [-0.15, -0.1) is 0 Å². The monoisotopic (exact) mass is 234 g/mol. The fourth-order valence-corrected chi connectivity index (χ4v) is 2.24. The zero-order chi connectivity index (χ0) is 11.9. The lowest BCUT2D eigenvalue weighted by molar-refractivity contribution is 0.0662. The van der Waals surface area contributed by atoms with E-state index in [1.54, 1.807) is 0 Å². The highest BCUT2D eigenvalue weighted by molar-refractivity contribution is 5.23. The predicted octanol–water partition coefficient (Wildman–Crippen LogP) is 1.66. The Morgan fingerprint density at radius 3 is 2.76 bits per heavy atom. The van der Waals surface area contributed by atoms with Crippen LogP contribution in [0.3, 0.4) is 0 Å². The molecule has 0 atom stereocenters. The number of hydrogen-bond acceptors (Lipinski definition) is 3. The van der Waals surface area contributed by atoms with Gasteiger partial charge in [-0.05, 0) is 36.4 Å². The van der Waals surface area contributed by atoms with Crippen molar-refractivity contribution in [2.75, 3.05) is 19.8 Å². The van der Waals surface area contributed by atoms with Crippen molar-refractivity contribution < 1.29 is 4.74 Å². The summed E-state index contributed by atoms with van der Waals surface area (Å²) in [5.41, 5.74) is 8.15. The number of benzene rings is 1. The van der Waals surface area contributed by atoms with Gasteiger partial charge in [-0.2, -0.15) is 0 Å². The highest BCUT2D eigenvalue weighted by atomic mass is 16.5. The SMILES string of the molecule is NCc1cccc(CNCC2CCOCC2)c1. The number of nitrogens with one attached hydrogen (secondary N) is 1. The molecule has 1 aromatic rings. The van der Waals surface area contributed by atoms with Gasteiger partial charge in [0.1, 0.15) is 0 Å². The second kappa shape index (κ2) is 6.74. The van der Waals surface area contributed by atoms with Crippen LogP contribution < -0.4 is 11.1 Å². The van der Waals surface area contributed by atoms with Gasteiger partial charge in [0.25, 0.3) is 0 Å². The normalized spacial score (nSPS) is 17.2. The third-order valence-electron chi connectivity index (χ3n) is 3.33. The summed E-state index contributed by atoms with van der Waals surface area (Å²) >= 11 is 0. The number of hydrogen-bond donors (Lipinski definition) is 2. The van der Waals surface area contributed by atoms with E-state index in [0.29, 0.717) is 6.54 Å². The van der Waals surface area contributed by atoms with Gasteiger partial charge in [0.05, 0.1) is 0 Å². The molecule has 0 aromatic heterocycles. The minimum atomic E-state index is 0.619. The molecule has 1 aromatic carbocycles. The van der Waals surface area contributed by atoms with Crippen molar-refractivity contribution >= 4 is 0 Å². The van der Waals surface area contributed by atoms with Crippen molar-refractivity contribution in [2.24, 2.45) is 11.7 Å². The third-order valence-corrected chi connectivity index (χ3v) is 3.33. The minimum Gasteiger partial charge on any atom is -0.381 e. The molecule has 0 spiro atoms. The van der Waals surface area contributed by atoms with Gasteiger partial charge in [0, 0.05) is 26.3 Å². The first-order chi connectivity index (χ1) is 8.38. The maximum atomic E-state index is 5.63. The average Bonchev–Trinajstić information content (AvgIpc) is 2.40. The molecule has 0 saturated carbocycles. The second-order valence-electron chi connectivity index (χ2n) is 4.71. The van der Waals surface area contributed by atoms with Crippen molar-refractivity contribution in [3.63, 3.8) is 0 Å². The summed E-state index contributed by atoms with van der Waals surface area (Å²) in [6.07, 6.45) is 2.38. The molecule has 2 rings (SSSR count). The standard InChI is InChI=1S/C14H22N2O/c15-9-13-2-1-3-14(8-13)11-16-10-12-4-6-17-7-5-12/h1-3,8,12,16H,4-7,9-11,15H2. The number of ether oxygens (including phenoxy) is 1. The number of rotatable bonds is 5. The smallest absolute Gasteiger partial charge is 0.0469 e. The zero-order valence-corrected chi connectivity index (χ0v) is 10.3. The minimum absolute atomic E-state index is 0.619. The van der Waals surface area contributed by atoms with Crippen molar-refractivity contribution in [2.45, 2.75) is 25.9 Å². The van der Waals surface area contributed by atoms with Crippen molar-refractivity contribution in [1.82, 2.24) is 5.32 Å². The van der Waals surface area contributed by atoms with Crippen LogP contribution in [-0.2, 0) is 17.8 Å². The summed E-state index contributed by atoms with van der Waals surface area (Å²) in [5.74, 6) is 0.779. The van der Waals surface area contributed by atoms with Crippen LogP contribution in [0.5, 0.6) is 0 Å². The summed E-state index contributed by atoms with van der Waals surface area (Å²) in [6.45, 7) is 4.50. The molecule has 0 radical (unpaired) electrons. The molecule has 0 amide bonds. The van der Waals surface area contributed by atoms with Crippen molar-refractivity contribution in [1.29, 1.82) is 0 Å². The summed E-state index contributed by atoms with van der Waals surface area (Å²) in [7, 11) is 0. The molecule has 1 saturated heterocycles. The van der Waals surface area contributed by atoms with Crippen LogP contribution in [0, 0.1) is 5.92 Å². The van der Waals surface area contributed by atoms with E-state index in [4.69, 9.17) is 10.5 Å². The van der Waals surface area contributed by atoms with Gasteiger partial charge in [-0.3, -0.25) is 0 Å². The molecule has 1 fully saturated rings. The van der Waals surface area contributed by atoms with Gasteiger partial charge >= 0.3 is 0 Å². The van der Waals surface area contributed by atoms with E-state index in [2.05, 4.69) is 29.6 Å². The Hall–Kier alpha value is -0.900. The maximum absolute atomic E-state index is 5.63.